The molecule has 1 fully saturated rings. The highest BCUT2D eigenvalue weighted by Crippen LogP contribution is 2.18. The fourth-order valence-electron chi connectivity index (χ4n) is 2.57. The average Bonchev–Trinajstić information content (AvgIpc) is 2.47. The maximum Gasteiger partial charge on any atom is 0.253 e. The van der Waals surface area contributed by atoms with Gasteiger partial charge in [-0.1, -0.05) is 6.92 Å². The minimum atomic E-state index is -0.137. The fraction of sp³-hybridized carbons (Fsp3) is 0.500. The number of carbonyl (C=O) groups is 2. The lowest BCUT2D eigenvalue weighted by Gasteiger charge is -2.28. The van der Waals surface area contributed by atoms with Crippen molar-refractivity contribution in [1.82, 2.24) is 10.2 Å². The van der Waals surface area contributed by atoms with Crippen molar-refractivity contribution in [2.75, 3.05) is 26.0 Å². The van der Waals surface area contributed by atoms with E-state index in [9.17, 15) is 9.59 Å². The molecule has 2 rings (SSSR count). The van der Waals surface area contributed by atoms with Crippen molar-refractivity contribution in [1.29, 1.82) is 0 Å². The van der Waals surface area contributed by atoms with Crippen molar-refractivity contribution in [3.63, 3.8) is 0 Å². The van der Waals surface area contributed by atoms with Gasteiger partial charge in [-0.05, 0) is 49.6 Å². The molecule has 0 aliphatic carbocycles. The van der Waals surface area contributed by atoms with E-state index >= 15 is 0 Å². The summed E-state index contributed by atoms with van der Waals surface area (Å²) in [5.74, 6) is 0.290. The highest BCUT2D eigenvalue weighted by molar-refractivity contribution is 5.97. The zero-order chi connectivity index (χ0) is 15.4. The van der Waals surface area contributed by atoms with E-state index in [4.69, 9.17) is 0 Å². The van der Waals surface area contributed by atoms with Gasteiger partial charge in [0.15, 0.2) is 0 Å². The summed E-state index contributed by atoms with van der Waals surface area (Å²) in [5.41, 5.74) is 1.33. The van der Waals surface area contributed by atoms with Gasteiger partial charge >= 0.3 is 0 Å². The molecule has 0 spiro atoms. The Morgan fingerprint density at radius 3 is 2.48 bits per heavy atom. The van der Waals surface area contributed by atoms with Gasteiger partial charge in [0, 0.05) is 25.3 Å². The van der Waals surface area contributed by atoms with E-state index in [2.05, 4.69) is 17.6 Å². The molecule has 0 radical (unpaired) electrons. The summed E-state index contributed by atoms with van der Waals surface area (Å²) >= 11 is 0. The van der Waals surface area contributed by atoms with Crippen LogP contribution in [0.5, 0.6) is 0 Å². The summed E-state index contributed by atoms with van der Waals surface area (Å²) in [5, 5.41) is 6.17. The molecule has 1 heterocycles. The maximum absolute atomic E-state index is 12.3. The molecule has 0 bridgehead atoms. The second-order valence-corrected chi connectivity index (χ2v) is 5.82. The maximum atomic E-state index is 12.3. The standard InChI is InChI=1S/C16H23N3O2/c1-11-5-4-10-17-14(11)15(20)18-13-8-6-12(7-9-13)16(21)19(2)3/h6-9,11,14,17H,4-5,10H2,1-3H3,(H,18,20). The van der Waals surface area contributed by atoms with Crippen molar-refractivity contribution < 1.29 is 9.59 Å². The number of hydrogen-bond donors (Lipinski definition) is 2. The first-order chi connectivity index (χ1) is 9.99. The molecule has 5 nitrogen and oxygen atoms in total. The molecule has 2 amide bonds. The van der Waals surface area contributed by atoms with Crippen molar-refractivity contribution in [3.8, 4) is 0 Å². The smallest absolute Gasteiger partial charge is 0.253 e. The molecular formula is C16H23N3O2. The minimum Gasteiger partial charge on any atom is -0.345 e. The van der Waals surface area contributed by atoms with Gasteiger partial charge < -0.3 is 15.5 Å². The Morgan fingerprint density at radius 2 is 1.90 bits per heavy atom. The van der Waals surface area contributed by atoms with E-state index < -0.39 is 0 Å². The van der Waals surface area contributed by atoms with E-state index in [1.807, 2.05) is 0 Å². The van der Waals surface area contributed by atoms with Crippen LogP contribution in [-0.4, -0.2) is 43.4 Å². The first-order valence-corrected chi connectivity index (χ1v) is 7.35. The van der Waals surface area contributed by atoms with Crippen LogP contribution in [-0.2, 0) is 4.79 Å². The van der Waals surface area contributed by atoms with Crippen molar-refractivity contribution in [2.24, 2.45) is 5.92 Å². The number of anilines is 1. The largest absolute Gasteiger partial charge is 0.345 e. The molecule has 1 saturated heterocycles. The highest BCUT2D eigenvalue weighted by Gasteiger charge is 2.27. The third kappa shape index (κ3) is 3.82. The second kappa shape index (κ2) is 6.72. The van der Waals surface area contributed by atoms with E-state index in [1.54, 1.807) is 38.4 Å². The van der Waals surface area contributed by atoms with Gasteiger partial charge in [0.05, 0.1) is 6.04 Å². The summed E-state index contributed by atoms with van der Waals surface area (Å²) in [6, 6.07) is 6.86. The Labute approximate surface area is 125 Å². The number of nitrogens with zero attached hydrogens (tertiary/aromatic N) is 1. The lowest BCUT2D eigenvalue weighted by atomic mass is 9.92. The molecule has 0 saturated carbocycles. The van der Waals surface area contributed by atoms with Gasteiger partial charge in [0.25, 0.3) is 5.91 Å². The van der Waals surface area contributed by atoms with Crippen molar-refractivity contribution in [2.45, 2.75) is 25.8 Å². The molecule has 2 atom stereocenters. The Morgan fingerprint density at radius 1 is 1.24 bits per heavy atom. The number of carbonyl (C=O) groups excluding carboxylic acids is 2. The first-order valence-electron chi connectivity index (χ1n) is 7.35. The number of nitrogens with one attached hydrogen (secondary N) is 2. The van der Waals surface area contributed by atoms with Gasteiger partial charge in [-0.15, -0.1) is 0 Å². The zero-order valence-corrected chi connectivity index (χ0v) is 12.8. The van der Waals surface area contributed by atoms with Crippen LogP contribution in [0.3, 0.4) is 0 Å². The predicted molar refractivity (Wildman–Crippen MR) is 83.3 cm³/mol. The van der Waals surface area contributed by atoms with E-state index in [1.165, 1.54) is 4.90 Å². The highest BCUT2D eigenvalue weighted by atomic mass is 16.2. The molecule has 1 aliphatic rings. The van der Waals surface area contributed by atoms with Crippen molar-refractivity contribution in [3.05, 3.63) is 29.8 Å². The topological polar surface area (TPSA) is 61.4 Å². The van der Waals surface area contributed by atoms with Crippen LogP contribution in [0, 0.1) is 5.92 Å². The quantitative estimate of drug-likeness (QED) is 0.890. The molecule has 1 aliphatic heterocycles. The lowest BCUT2D eigenvalue weighted by Crippen LogP contribution is -2.48. The third-order valence-corrected chi connectivity index (χ3v) is 3.86. The number of piperidine rings is 1. The number of amides is 2. The zero-order valence-electron chi connectivity index (χ0n) is 12.8. The van der Waals surface area contributed by atoms with Crippen LogP contribution in [0.1, 0.15) is 30.1 Å². The molecule has 21 heavy (non-hydrogen) atoms. The Balaban J connectivity index is 1.99. The number of benzene rings is 1. The second-order valence-electron chi connectivity index (χ2n) is 5.82. The fourth-order valence-corrected chi connectivity index (χ4v) is 2.57. The van der Waals surface area contributed by atoms with Gasteiger partial charge in [-0.3, -0.25) is 9.59 Å². The summed E-state index contributed by atoms with van der Waals surface area (Å²) in [6.45, 7) is 2.98. The Kier molecular flexibility index (Phi) is 4.96. The third-order valence-electron chi connectivity index (χ3n) is 3.86. The van der Waals surface area contributed by atoms with E-state index in [0.29, 0.717) is 11.5 Å². The SMILES string of the molecule is CC1CCCNC1C(=O)Nc1ccc(C(=O)N(C)C)cc1. The first kappa shape index (κ1) is 15.5. The number of hydrogen-bond acceptors (Lipinski definition) is 3. The molecule has 1 aromatic carbocycles. The summed E-state index contributed by atoms with van der Waals surface area (Å²) in [4.78, 5) is 25.6. The summed E-state index contributed by atoms with van der Waals surface area (Å²) in [7, 11) is 3.43. The van der Waals surface area contributed by atoms with E-state index in [0.717, 1.165) is 25.1 Å². The molecule has 2 N–H and O–H groups in total. The van der Waals surface area contributed by atoms with Crippen molar-refractivity contribution >= 4 is 17.5 Å². The Hall–Kier alpha value is -1.88. The van der Waals surface area contributed by atoms with Crippen LogP contribution in [0.25, 0.3) is 0 Å². The summed E-state index contributed by atoms with van der Waals surface area (Å²) < 4.78 is 0. The summed E-state index contributed by atoms with van der Waals surface area (Å²) in [6.07, 6.45) is 2.19. The molecule has 2 unspecified atom stereocenters. The van der Waals surface area contributed by atoms with Gasteiger partial charge in [-0.2, -0.15) is 0 Å². The Bertz CT molecular complexity index is 511. The lowest BCUT2D eigenvalue weighted by molar-refractivity contribution is -0.119. The van der Waals surface area contributed by atoms with Crippen LogP contribution < -0.4 is 10.6 Å². The molecule has 0 aromatic heterocycles. The predicted octanol–water partition coefficient (Wildman–Crippen LogP) is 1.71. The molecule has 1 aromatic rings. The minimum absolute atomic E-state index is 0.00566. The molecule has 5 heteroatoms. The van der Waals surface area contributed by atoms with E-state index in [-0.39, 0.29) is 17.9 Å². The van der Waals surface area contributed by atoms with Crippen LogP contribution >= 0.6 is 0 Å². The van der Waals surface area contributed by atoms with Crippen LogP contribution in [0.2, 0.25) is 0 Å². The average molecular weight is 289 g/mol. The molecule has 114 valence electrons. The monoisotopic (exact) mass is 289 g/mol. The van der Waals surface area contributed by atoms with Gasteiger partial charge in [0.2, 0.25) is 5.91 Å². The van der Waals surface area contributed by atoms with Gasteiger partial charge in [0.1, 0.15) is 0 Å². The number of rotatable bonds is 3. The molecular weight excluding hydrogens is 266 g/mol. The van der Waals surface area contributed by atoms with Crippen LogP contribution in [0.15, 0.2) is 24.3 Å². The van der Waals surface area contributed by atoms with Gasteiger partial charge in [-0.25, -0.2) is 0 Å². The van der Waals surface area contributed by atoms with Crippen LogP contribution in [0.4, 0.5) is 5.69 Å². The normalized spacial score (nSPS) is 21.7.